The first kappa shape index (κ1) is 20.8. The molecular weight excluding hydrogens is 366 g/mol. The van der Waals surface area contributed by atoms with Gasteiger partial charge in [0.1, 0.15) is 5.75 Å². The highest BCUT2D eigenvalue weighted by Crippen LogP contribution is 2.31. The van der Waals surface area contributed by atoms with E-state index in [0.717, 1.165) is 22.3 Å². The predicted octanol–water partition coefficient (Wildman–Crippen LogP) is 4.39. The van der Waals surface area contributed by atoms with E-state index in [1.54, 1.807) is 12.1 Å². The standard InChI is InChI=1S/C21H24ClNO4/c1-12-6-7-16(8-13(12)2)10-20(24)27-15(4)21(25)23-18-9-14(3)17(22)11-19(18)26-5/h6-9,11,15H,10H2,1-5H3,(H,23,25)/t15-/m0/s1. The quantitative estimate of drug-likeness (QED) is 0.744. The van der Waals surface area contributed by atoms with Crippen LogP contribution in [0.25, 0.3) is 0 Å². The zero-order chi connectivity index (χ0) is 20.1. The smallest absolute Gasteiger partial charge is 0.311 e. The lowest BCUT2D eigenvalue weighted by Gasteiger charge is -2.16. The molecule has 0 unspecified atom stereocenters. The molecule has 0 saturated carbocycles. The van der Waals surface area contributed by atoms with Crippen LogP contribution in [0.5, 0.6) is 5.75 Å². The monoisotopic (exact) mass is 389 g/mol. The van der Waals surface area contributed by atoms with Crippen LogP contribution >= 0.6 is 11.6 Å². The number of aryl methyl sites for hydroxylation is 3. The fraction of sp³-hybridized carbons (Fsp3) is 0.333. The molecule has 0 aromatic heterocycles. The molecule has 0 bridgehead atoms. The van der Waals surface area contributed by atoms with E-state index in [4.69, 9.17) is 21.1 Å². The third-order valence-electron chi connectivity index (χ3n) is 4.34. The number of methoxy groups -OCH3 is 1. The fourth-order valence-electron chi connectivity index (χ4n) is 2.54. The van der Waals surface area contributed by atoms with Crippen molar-refractivity contribution in [2.24, 2.45) is 0 Å². The van der Waals surface area contributed by atoms with Gasteiger partial charge in [-0.15, -0.1) is 0 Å². The first-order valence-corrected chi connectivity index (χ1v) is 8.99. The molecule has 0 aliphatic heterocycles. The van der Waals surface area contributed by atoms with Crippen LogP contribution in [-0.2, 0) is 20.7 Å². The van der Waals surface area contributed by atoms with E-state index in [2.05, 4.69) is 5.32 Å². The van der Waals surface area contributed by atoms with Crippen LogP contribution in [0.3, 0.4) is 0 Å². The summed E-state index contributed by atoms with van der Waals surface area (Å²) in [5.74, 6) is -0.462. The van der Waals surface area contributed by atoms with E-state index < -0.39 is 18.0 Å². The number of hydrogen-bond acceptors (Lipinski definition) is 4. The van der Waals surface area contributed by atoms with Gasteiger partial charge in [0.15, 0.2) is 6.10 Å². The fourth-order valence-corrected chi connectivity index (χ4v) is 2.69. The molecular formula is C21H24ClNO4. The van der Waals surface area contributed by atoms with Crippen molar-refractivity contribution in [2.45, 2.75) is 40.2 Å². The Bertz CT molecular complexity index is 864. The highest BCUT2D eigenvalue weighted by Gasteiger charge is 2.20. The van der Waals surface area contributed by atoms with E-state index >= 15 is 0 Å². The number of nitrogens with one attached hydrogen (secondary N) is 1. The SMILES string of the molecule is COc1cc(Cl)c(C)cc1NC(=O)[C@H](C)OC(=O)Cc1ccc(C)c(C)c1. The van der Waals surface area contributed by atoms with E-state index in [1.165, 1.54) is 14.0 Å². The van der Waals surface area contributed by atoms with E-state index in [1.807, 2.05) is 39.0 Å². The maximum Gasteiger partial charge on any atom is 0.311 e. The molecule has 6 heteroatoms. The summed E-state index contributed by atoms with van der Waals surface area (Å²) in [6, 6.07) is 9.13. The third kappa shape index (κ3) is 5.47. The summed E-state index contributed by atoms with van der Waals surface area (Å²) in [5.41, 5.74) is 4.39. The molecule has 0 heterocycles. The summed E-state index contributed by atoms with van der Waals surface area (Å²) >= 11 is 6.07. The van der Waals surface area contributed by atoms with Crippen molar-refractivity contribution >= 4 is 29.2 Å². The number of amides is 1. The molecule has 2 aromatic rings. The van der Waals surface area contributed by atoms with Gasteiger partial charge in [-0.2, -0.15) is 0 Å². The molecule has 0 aliphatic carbocycles. The second-order valence-electron chi connectivity index (χ2n) is 6.52. The van der Waals surface area contributed by atoms with E-state index in [9.17, 15) is 9.59 Å². The van der Waals surface area contributed by atoms with Crippen molar-refractivity contribution in [1.29, 1.82) is 0 Å². The van der Waals surface area contributed by atoms with E-state index in [-0.39, 0.29) is 6.42 Å². The molecule has 0 radical (unpaired) electrons. The average Bonchev–Trinajstić information content (AvgIpc) is 2.60. The second kappa shape index (κ2) is 8.91. The normalized spacial score (nSPS) is 11.6. The Kier molecular flexibility index (Phi) is 6.86. The molecule has 0 aliphatic rings. The molecule has 0 saturated heterocycles. The summed E-state index contributed by atoms with van der Waals surface area (Å²) in [7, 11) is 1.49. The van der Waals surface area contributed by atoms with Gasteiger partial charge in [0.2, 0.25) is 0 Å². The molecule has 144 valence electrons. The Labute approximate surface area is 164 Å². The van der Waals surface area contributed by atoms with Gasteiger partial charge in [-0.1, -0.05) is 29.8 Å². The molecule has 2 rings (SSSR count). The number of ether oxygens (including phenoxy) is 2. The summed E-state index contributed by atoms with van der Waals surface area (Å²) in [6.07, 6.45) is -0.827. The van der Waals surface area contributed by atoms with Gasteiger partial charge in [-0.3, -0.25) is 9.59 Å². The molecule has 0 fully saturated rings. The Balaban J connectivity index is 2.00. The third-order valence-corrected chi connectivity index (χ3v) is 4.74. The first-order chi connectivity index (χ1) is 12.7. The minimum atomic E-state index is -0.940. The second-order valence-corrected chi connectivity index (χ2v) is 6.93. The lowest BCUT2D eigenvalue weighted by Crippen LogP contribution is -2.30. The van der Waals surface area contributed by atoms with Gasteiger partial charge in [-0.25, -0.2) is 0 Å². The Morgan fingerprint density at radius 1 is 1.07 bits per heavy atom. The Hall–Kier alpha value is -2.53. The van der Waals surface area contributed by atoms with Crippen molar-refractivity contribution in [2.75, 3.05) is 12.4 Å². The minimum Gasteiger partial charge on any atom is -0.495 e. The van der Waals surface area contributed by atoms with Crippen molar-refractivity contribution in [1.82, 2.24) is 0 Å². The number of esters is 1. The van der Waals surface area contributed by atoms with Gasteiger partial charge in [-0.05, 0) is 56.0 Å². The maximum absolute atomic E-state index is 12.4. The number of halogens is 1. The largest absolute Gasteiger partial charge is 0.495 e. The zero-order valence-corrected chi connectivity index (χ0v) is 16.9. The number of benzene rings is 2. The summed E-state index contributed by atoms with van der Waals surface area (Å²) in [5, 5.41) is 3.25. The van der Waals surface area contributed by atoms with Crippen molar-refractivity contribution in [3.8, 4) is 5.75 Å². The van der Waals surface area contributed by atoms with Crippen molar-refractivity contribution in [3.05, 3.63) is 57.6 Å². The first-order valence-electron chi connectivity index (χ1n) is 8.62. The van der Waals surface area contributed by atoms with Crippen molar-refractivity contribution < 1.29 is 19.1 Å². The van der Waals surface area contributed by atoms with Crippen LogP contribution in [0.2, 0.25) is 5.02 Å². The number of carbonyl (C=O) groups excluding carboxylic acids is 2. The molecule has 1 amide bonds. The average molecular weight is 390 g/mol. The van der Waals surface area contributed by atoms with Crippen LogP contribution in [-0.4, -0.2) is 25.1 Å². The maximum atomic E-state index is 12.4. The molecule has 1 atom stereocenters. The highest BCUT2D eigenvalue weighted by atomic mass is 35.5. The molecule has 1 N–H and O–H groups in total. The summed E-state index contributed by atoms with van der Waals surface area (Å²) in [6.45, 7) is 7.35. The van der Waals surface area contributed by atoms with Crippen LogP contribution in [0.4, 0.5) is 5.69 Å². The number of carbonyl (C=O) groups is 2. The molecule has 5 nitrogen and oxygen atoms in total. The van der Waals surface area contributed by atoms with Gasteiger partial charge < -0.3 is 14.8 Å². The van der Waals surface area contributed by atoms with Crippen LogP contribution in [0, 0.1) is 20.8 Å². The van der Waals surface area contributed by atoms with Crippen LogP contribution in [0.15, 0.2) is 30.3 Å². The van der Waals surface area contributed by atoms with Gasteiger partial charge in [0.25, 0.3) is 5.91 Å². The molecule has 2 aromatic carbocycles. The topological polar surface area (TPSA) is 64.6 Å². The summed E-state index contributed by atoms with van der Waals surface area (Å²) in [4.78, 5) is 24.5. The Morgan fingerprint density at radius 3 is 2.41 bits per heavy atom. The minimum absolute atomic E-state index is 0.113. The van der Waals surface area contributed by atoms with Crippen LogP contribution in [0.1, 0.15) is 29.2 Å². The molecule has 0 spiro atoms. The number of rotatable bonds is 6. The van der Waals surface area contributed by atoms with Gasteiger partial charge in [0.05, 0.1) is 19.2 Å². The predicted molar refractivity (Wildman–Crippen MR) is 107 cm³/mol. The van der Waals surface area contributed by atoms with E-state index in [0.29, 0.717) is 16.5 Å². The zero-order valence-electron chi connectivity index (χ0n) is 16.2. The lowest BCUT2D eigenvalue weighted by atomic mass is 10.0. The number of anilines is 1. The number of hydrogen-bond donors (Lipinski definition) is 1. The van der Waals surface area contributed by atoms with Gasteiger partial charge >= 0.3 is 5.97 Å². The Morgan fingerprint density at radius 2 is 1.78 bits per heavy atom. The van der Waals surface area contributed by atoms with Crippen molar-refractivity contribution in [3.63, 3.8) is 0 Å². The lowest BCUT2D eigenvalue weighted by molar-refractivity contribution is -0.152. The highest BCUT2D eigenvalue weighted by molar-refractivity contribution is 6.31. The van der Waals surface area contributed by atoms with Gasteiger partial charge in [0, 0.05) is 11.1 Å². The van der Waals surface area contributed by atoms with Crippen LogP contribution < -0.4 is 10.1 Å². The summed E-state index contributed by atoms with van der Waals surface area (Å²) < 4.78 is 10.5. The molecule has 27 heavy (non-hydrogen) atoms.